The van der Waals surface area contributed by atoms with Gasteiger partial charge in [0, 0.05) is 13.1 Å². The van der Waals surface area contributed by atoms with Gasteiger partial charge >= 0.3 is 0 Å². The molecule has 1 amide bonds. The van der Waals surface area contributed by atoms with E-state index >= 15 is 0 Å². The first-order chi connectivity index (χ1) is 7.76. The monoisotopic (exact) mass is 222 g/mol. The van der Waals surface area contributed by atoms with Crippen molar-refractivity contribution in [2.24, 2.45) is 5.41 Å². The first-order valence-electron chi connectivity index (χ1n) is 6.43. The first kappa shape index (κ1) is 11.6. The zero-order chi connectivity index (χ0) is 11.4. The predicted molar refractivity (Wildman–Crippen MR) is 65.1 cm³/mol. The molecule has 16 heavy (non-hydrogen) atoms. The third-order valence-corrected chi connectivity index (χ3v) is 3.90. The Balaban J connectivity index is 1.77. The summed E-state index contributed by atoms with van der Waals surface area (Å²) in [6, 6.07) is -0.0984. The molecule has 90 valence electrons. The van der Waals surface area contributed by atoms with E-state index in [0.717, 1.165) is 13.1 Å². The SMILES string of the molecule is CCCC1(CNC(=O)[C@@H]2C=CCN2)CCC1. The Morgan fingerprint density at radius 2 is 2.38 bits per heavy atom. The number of carbonyl (C=O) groups excluding carboxylic acids is 1. The average Bonchev–Trinajstić information content (AvgIpc) is 2.74. The van der Waals surface area contributed by atoms with Gasteiger partial charge in [0.15, 0.2) is 0 Å². The smallest absolute Gasteiger partial charge is 0.241 e. The van der Waals surface area contributed by atoms with Crippen LogP contribution in [0.15, 0.2) is 12.2 Å². The highest BCUT2D eigenvalue weighted by Gasteiger charge is 2.36. The largest absolute Gasteiger partial charge is 0.354 e. The van der Waals surface area contributed by atoms with E-state index in [4.69, 9.17) is 0 Å². The molecule has 1 aliphatic carbocycles. The number of hydrogen-bond donors (Lipinski definition) is 2. The first-order valence-corrected chi connectivity index (χ1v) is 6.43. The predicted octanol–water partition coefficient (Wildman–Crippen LogP) is 1.60. The number of carbonyl (C=O) groups is 1. The van der Waals surface area contributed by atoms with Crippen LogP contribution in [0.2, 0.25) is 0 Å². The summed E-state index contributed by atoms with van der Waals surface area (Å²) in [5.41, 5.74) is 0.423. The fourth-order valence-electron chi connectivity index (χ4n) is 2.75. The molecule has 0 aromatic rings. The Morgan fingerprint density at radius 3 is 2.88 bits per heavy atom. The Morgan fingerprint density at radius 1 is 1.56 bits per heavy atom. The summed E-state index contributed by atoms with van der Waals surface area (Å²) in [6.45, 7) is 3.91. The maximum absolute atomic E-state index is 11.8. The van der Waals surface area contributed by atoms with E-state index in [9.17, 15) is 4.79 Å². The molecule has 2 aliphatic rings. The summed E-state index contributed by atoms with van der Waals surface area (Å²) in [5.74, 6) is 0.135. The molecule has 1 fully saturated rings. The van der Waals surface area contributed by atoms with E-state index in [-0.39, 0.29) is 11.9 Å². The van der Waals surface area contributed by atoms with Crippen molar-refractivity contribution in [2.75, 3.05) is 13.1 Å². The van der Waals surface area contributed by atoms with Gasteiger partial charge in [0.25, 0.3) is 0 Å². The van der Waals surface area contributed by atoms with Gasteiger partial charge in [-0.3, -0.25) is 10.1 Å². The molecule has 0 radical (unpaired) electrons. The molecule has 2 rings (SSSR count). The summed E-state index contributed by atoms with van der Waals surface area (Å²) < 4.78 is 0. The molecule has 0 aromatic heterocycles. The van der Waals surface area contributed by atoms with Crippen LogP contribution in [0.5, 0.6) is 0 Å². The Labute approximate surface area is 97.7 Å². The highest BCUT2D eigenvalue weighted by atomic mass is 16.2. The highest BCUT2D eigenvalue weighted by Crippen LogP contribution is 2.44. The fraction of sp³-hybridized carbons (Fsp3) is 0.769. The minimum absolute atomic E-state index is 0.0984. The maximum atomic E-state index is 11.8. The molecule has 1 saturated carbocycles. The van der Waals surface area contributed by atoms with Gasteiger partial charge in [-0.1, -0.05) is 31.9 Å². The zero-order valence-corrected chi connectivity index (χ0v) is 10.1. The minimum atomic E-state index is -0.0984. The third-order valence-electron chi connectivity index (χ3n) is 3.90. The van der Waals surface area contributed by atoms with Crippen molar-refractivity contribution in [3.8, 4) is 0 Å². The second-order valence-corrected chi connectivity index (χ2v) is 5.14. The Hall–Kier alpha value is -0.830. The van der Waals surface area contributed by atoms with E-state index in [1.54, 1.807) is 0 Å². The van der Waals surface area contributed by atoms with E-state index < -0.39 is 0 Å². The molecule has 0 saturated heterocycles. The normalized spacial score (nSPS) is 26.4. The van der Waals surface area contributed by atoms with Gasteiger partial charge in [-0.25, -0.2) is 0 Å². The van der Waals surface area contributed by atoms with Crippen LogP contribution in [0.25, 0.3) is 0 Å². The topological polar surface area (TPSA) is 41.1 Å². The van der Waals surface area contributed by atoms with Crippen LogP contribution >= 0.6 is 0 Å². The lowest BCUT2D eigenvalue weighted by Gasteiger charge is -2.42. The van der Waals surface area contributed by atoms with E-state index in [1.807, 2.05) is 12.2 Å². The van der Waals surface area contributed by atoms with Crippen LogP contribution in [-0.2, 0) is 4.79 Å². The van der Waals surface area contributed by atoms with Crippen molar-refractivity contribution in [1.29, 1.82) is 0 Å². The molecule has 3 heteroatoms. The van der Waals surface area contributed by atoms with E-state index in [2.05, 4.69) is 17.6 Å². The molecule has 0 bridgehead atoms. The lowest BCUT2D eigenvalue weighted by atomic mass is 9.66. The lowest BCUT2D eigenvalue weighted by Crippen LogP contribution is -2.47. The van der Waals surface area contributed by atoms with Crippen LogP contribution in [0.1, 0.15) is 39.0 Å². The highest BCUT2D eigenvalue weighted by molar-refractivity contribution is 5.84. The van der Waals surface area contributed by atoms with Crippen molar-refractivity contribution in [2.45, 2.75) is 45.1 Å². The van der Waals surface area contributed by atoms with E-state index in [1.165, 1.54) is 32.1 Å². The summed E-state index contributed by atoms with van der Waals surface area (Å²) in [5, 5.41) is 6.24. The zero-order valence-electron chi connectivity index (χ0n) is 10.1. The molecule has 0 unspecified atom stereocenters. The number of hydrogen-bond acceptors (Lipinski definition) is 2. The molecule has 0 aromatic carbocycles. The molecular weight excluding hydrogens is 200 g/mol. The average molecular weight is 222 g/mol. The quantitative estimate of drug-likeness (QED) is 0.694. The molecule has 2 N–H and O–H groups in total. The Kier molecular flexibility index (Phi) is 3.64. The van der Waals surface area contributed by atoms with Gasteiger partial charge in [-0.2, -0.15) is 0 Å². The van der Waals surface area contributed by atoms with Crippen molar-refractivity contribution in [3.63, 3.8) is 0 Å². The number of rotatable bonds is 5. The van der Waals surface area contributed by atoms with Crippen LogP contribution in [0.3, 0.4) is 0 Å². The third kappa shape index (κ3) is 2.46. The van der Waals surface area contributed by atoms with Crippen LogP contribution in [0.4, 0.5) is 0 Å². The van der Waals surface area contributed by atoms with Crippen LogP contribution < -0.4 is 10.6 Å². The molecule has 1 aliphatic heterocycles. The van der Waals surface area contributed by atoms with Crippen LogP contribution in [-0.4, -0.2) is 25.0 Å². The fourth-order valence-corrected chi connectivity index (χ4v) is 2.75. The molecule has 1 heterocycles. The minimum Gasteiger partial charge on any atom is -0.354 e. The van der Waals surface area contributed by atoms with Gasteiger partial charge < -0.3 is 5.32 Å². The van der Waals surface area contributed by atoms with Crippen molar-refractivity contribution < 1.29 is 4.79 Å². The second kappa shape index (κ2) is 5.00. The standard InChI is InChI=1S/C13H22N2O/c1-2-6-13(7-4-8-13)10-15-12(16)11-5-3-9-14-11/h3,5,11,14H,2,4,6-10H2,1H3,(H,15,16)/t11-/m0/s1. The summed E-state index contributed by atoms with van der Waals surface area (Å²) >= 11 is 0. The van der Waals surface area contributed by atoms with Gasteiger partial charge in [-0.15, -0.1) is 0 Å². The van der Waals surface area contributed by atoms with Gasteiger partial charge in [0.2, 0.25) is 5.91 Å². The van der Waals surface area contributed by atoms with Gasteiger partial charge in [0.1, 0.15) is 6.04 Å². The van der Waals surface area contributed by atoms with Crippen molar-refractivity contribution >= 4 is 5.91 Å². The molecule has 1 atom stereocenters. The second-order valence-electron chi connectivity index (χ2n) is 5.14. The van der Waals surface area contributed by atoms with E-state index in [0.29, 0.717) is 5.41 Å². The van der Waals surface area contributed by atoms with Gasteiger partial charge in [0.05, 0.1) is 0 Å². The molecule has 3 nitrogen and oxygen atoms in total. The summed E-state index contributed by atoms with van der Waals surface area (Å²) in [4.78, 5) is 11.8. The molecular formula is C13H22N2O. The van der Waals surface area contributed by atoms with Crippen molar-refractivity contribution in [3.05, 3.63) is 12.2 Å². The maximum Gasteiger partial charge on any atom is 0.241 e. The summed E-state index contributed by atoms with van der Waals surface area (Å²) in [7, 11) is 0. The van der Waals surface area contributed by atoms with Crippen molar-refractivity contribution in [1.82, 2.24) is 10.6 Å². The number of amides is 1. The Bertz CT molecular complexity index is 282. The lowest BCUT2D eigenvalue weighted by molar-refractivity contribution is -0.122. The summed E-state index contributed by atoms with van der Waals surface area (Å²) in [6.07, 6.45) is 10.3. The van der Waals surface area contributed by atoms with Gasteiger partial charge in [-0.05, 0) is 24.7 Å². The number of nitrogens with one attached hydrogen (secondary N) is 2. The van der Waals surface area contributed by atoms with Crippen LogP contribution in [0, 0.1) is 5.41 Å². The molecule has 0 spiro atoms.